The highest BCUT2D eigenvalue weighted by Gasteiger charge is 2.28. The Morgan fingerprint density at radius 2 is 1.86 bits per heavy atom. The first-order valence-electron chi connectivity index (χ1n) is 9.28. The topological polar surface area (TPSA) is 102 Å². The number of hydrogen-bond acceptors (Lipinski definition) is 7. The number of anilines is 1. The van der Waals surface area contributed by atoms with E-state index in [9.17, 15) is 14.4 Å². The van der Waals surface area contributed by atoms with Crippen LogP contribution >= 0.6 is 11.8 Å². The number of thioether (sulfide) groups is 1. The van der Waals surface area contributed by atoms with Crippen LogP contribution < -0.4 is 5.32 Å². The van der Waals surface area contributed by atoms with Gasteiger partial charge in [-0.1, -0.05) is 35.5 Å². The van der Waals surface area contributed by atoms with Crippen molar-refractivity contribution in [1.82, 2.24) is 10.1 Å². The second-order valence-electron chi connectivity index (χ2n) is 6.15. The summed E-state index contributed by atoms with van der Waals surface area (Å²) < 4.78 is 10.3. The van der Waals surface area contributed by atoms with Crippen LogP contribution in [0.4, 0.5) is 5.82 Å². The molecule has 0 unspecified atom stereocenters. The molecule has 0 aliphatic heterocycles. The van der Waals surface area contributed by atoms with Gasteiger partial charge in [-0.15, -0.1) is 11.8 Å². The van der Waals surface area contributed by atoms with Crippen molar-refractivity contribution in [2.24, 2.45) is 0 Å². The first-order valence-corrected chi connectivity index (χ1v) is 10.4. The van der Waals surface area contributed by atoms with Crippen molar-refractivity contribution >= 4 is 35.4 Å². The van der Waals surface area contributed by atoms with E-state index in [1.807, 2.05) is 19.9 Å². The summed E-state index contributed by atoms with van der Waals surface area (Å²) in [5, 5.41) is 6.25. The number of ether oxygens (including phenoxy) is 1. The molecule has 2 aromatic rings. The molecule has 1 atom stereocenters. The maximum Gasteiger partial charge on any atom is 0.317 e. The van der Waals surface area contributed by atoms with Crippen molar-refractivity contribution in [3.63, 3.8) is 0 Å². The van der Waals surface area contributed by atoms with Crippen molar-refractivity contribution in [3.8, 4) is 0 Å². The number of rotatable bonds is 10. The van der Waals surface area contributed by atoms with Gasteiger partial charge in [-0.05, 0) is 20.8 Å². The molecule has 1 N–H and O–H groups in total. The SMILES string of the molecule is CCN(CC)C(=O)[C@H](OC(=O)CSCC(=O)Nc1cc(C)on1)c1ccccc1. The maximum atomic E-state index is 12.8. The van der Waals surface area contributed by atoms with E-state index in [0.717, 1.165) is 11.8 Å². The first kappa shape index (κ1) is 22.5. The van der Waals surface area contributed by atoms with E-state index in [-0.39, 0.29) is 23.3 Å². The van der Waals surface area contributed by atoms with Gasteiger partial charge in [0.15, 0.2) is 5.82 Å². The zero-order valence-corrected chi connectivity index (χ0v) is 17.5. The van der Waals surface area contributed by atoms with Gasteiger partial charge in [-0.3, -0.25) is 14.4 Å². The van der Waals surface area contributed by atoms with Gasteiger partial charge in [0.2, 0.25) is 12.0 Å². The third kappa shape index (κ3) is 6.94. The van der Waals surface area contributed by atoms with Crippen molar-refractivity contribution in [2.75, 3.05) is 29.9 Å². The second-order valence-corrected chi connectivity index (χ2v) is 7.14. The molecule has 156 valence electrons. The largest absolute Gasteiger partial charge is 0.447 e. The second kappa shape index (κ2) is 11.3. The lowest BCUT2D eigenvalue weighted by atomic mass is 10.1. The Bertz CT molecular complexity index is 821. The van der Waals surface area contributed by atoms with Crippen LogP contribution in [-0.2, 0) is 19.1 Å². The van der Waals surface area contributed by atoms with Gasteiger partial charge in [0.25, 0.3) is 5.91 Å². The molecule has 2 amide bonds. The van der Waals surface area contributed by atoms with Gasteiger partial charge in [-0.2, -0.15) is 0 Å². The Morgan fingerprint density at radius 3 is 2.45 bits per heavy atom. The molecule has 0 spiro atoms. The number of likely N-dealkylation sites (N-methyl/N-ethyl adjacent to an activating group) is 1. The van der Waals surface area contributed by atoms with Crippen LogP contribution in [0.5, 0.6) is 0 Å². The number of aromatic nitrogens is 1. The first-order chi connectivity index (χ1) is 13.9. The fourth-order valence-corrected chi connectivity index (χ4v) is 3.18. The third-order valence-electron chi connectivity index (χ3n) is 4.00. The molecule has 0 bridgehead atoms. The lowest BCUT2D eigenvalue weighted by Gasteiger charge is -2.25. The Labute approximate surface area is 173 Å². The van der Waals surface area contributed by atoms with Crippen LogP contribution in [0, 0.1) is 6.92 Å². The molecule has 0 fully saturated rings. The van der Waals surface area contributed by atoms with E-state index >= 15 is 0 Å². The van der Waals surface area contributed by atoms with Crippen LogP contribution in [0.2, 0.25) is 0 Å². The fourth-order valence-electron chi connectivity index (χ4n) is 2.59. The van der Waals surface area contributed by atoms with Crippen LogP contribution in [0.15, 0.2) is 40.9 Å². The summed E-state index contributed by atoms with van der Waals surface area (Å²) in [5.41, 5.74) is 0.613. The number of nitrogens with one attached hydrogen (secondary N) is 1. The van der Waals surface area contributed by atoms with Crippen LogP contribution in [0.3, 0.4) is 0 Å². The van der Waals surface area contributed by atoms with Gasteiger partial charge < -0.3 is 19.5 Å². The van der Waals surface area contributed by atoms with Crippen LogP contribution in [0.25, 0.3) is 0 Å². The molecule has 0 aliphatic rings. The average molecular weight is 420 g/mol. The van der Waals surface area contributed by atoms with Gasteiger partial charge in [0.1, 0.15) is 5.76 Å². The smallest absolute Gasteiger partial charge is 0.317 e. The molecular formula is C20H25N3O5S. The lowest BCUT2D eigenvalue weighted by Crippen LogP contribution is -2.37. The number of carbonyl (C=O) groups is 3. The highest BCUT2D eigenvalue weighted by Crippen LogP contribution is 2.21. The number of hydrogen-bond donors (Lipinski definition) is 1. The summed E-state index contributed by atoms with van der Waals surface area (Å²) in [6, 6.07) is 10.5. The summed E-state index contributed by atoms with van der Waals surface area (Å²) in [6.45, 7) is 6.50. The van der Waals surface area contributed by atoms with Crippen molar-refractivity contribution < 1.29 is 23.6 Å². The minimum Gasteiger partial charge on any atom is -0.447 e. The molecule has 9 heteroatoms. The number of aryl methyl sites for hydroxylation is 1. The van der Waals surface area contributed by atoms with E-state index in [4.69, 9.17) is 9.26 Å². The van der Waals surface area contributed by atoms with Crippen molar-refractivity contribution in [1.29, 1.82) is 0 Å². The van der Waals surface area contributed by atoms with E-state index in [1.54, 1.807) is 42.2 Å². The highest BCUT2D eigenvalue weighted by molar-refractivity contribution is 8.00. The Balaban J connectivity index is 1.90. The zero-order chi connectivity index (χ0) is 21.2. The summed E-state index contributed by atoms with van der Waals surface area (Å²) in [5.74, 6) is -0.240. The summed E-state index contributed by atoms with van der Waals surface area (Å²) in [4.78, 5) is 38.6. The molecule has 0 radical (unpaired) electrons. The Kier molecular flexibility index (Phi) is 8.72. The van der Waals surface area contributed by atoms with Crippen molar-refractivity contribution in [3.05, 3.63) is 47.7 Å². The van der Waals surface area contributed by atoms with E-state index in [1.165, 1.54) is 0 Å². The number of carbonyl (C=O) groups excluding carboxylic acids is 3. The zero-order valence-electron chi connectivity index (χ0n) is 16.7. The monoisotopic (exact) mass is 419 g/mol. The predicted molar refractivity (Wildman–Crippen MR) is 110 cm³/mol. The summed E-state index contributed by atoms with van der Waals surface area (Å²) in [7, 11) is 0. The van der Waals surface area contributed by atoms with Crippen molar-refractivity contribution in [2.45, 2.75) is 26.9 Å². The maximum absolute atomic E-state index is 12.8. The van der Waals surface area contributed by atoms with Gasteiger partial charge in [0, 0.05) is 24.7 Å². The number of amides is 2. The number of benzene rings is 1. The molecule has 29 heavy (non-hydrogen) atoms. The molecular weight excluding hydrogens is 394 g/mol. The standard InChI is InChI=1S/C20H25N3O5S/c1-4-23(5-2)20(26)19(15-9-7-6-8-10-15)27-18(25)13-29-12-17(24)21-16-11-14(3)28-22-16/h6-11,19H,4-5,12-13H2,1-3H3,(H,21,22,24)/t19-/m1/s1. The van der Waals surface area contributed by atoms with E-state index in [0.29, 0.717) is 30.2 Å². The van der Waals surface area contributed by atoms with Gasteiger partial charge >= 0.3 is 5.97 Å². The average Bonchev–Trinajstić information content (AvgIpc) is 3.12. The molecule has 0 saturated carbocycles. The molecule has 8 nitrogen and oxygen atoms in total. The van der Waals surface area contributed by atoms with Gasteiger partial charge in [0.05, 0.1) is 11.5 Å². The highest BCUT2D eigenvalue weighted by atomic mass is 32.2. The van der Waals surface area contributed by atoms with E-state index < -0.39 is 12.1 Å². The molecule has 1 aromatic heterocycles. The molecule has 1 aromatic carbocycles. The number of nitrogens with zero attached hydrogens (tertiary/aromatic N) is 2. The minimum absolute atomic E-state index is 0.0427. The molecule has 1 heterocycles. The van der Waals surface area contributed by atoms with Crippen LogP contribution in [-0.4, -0.2) is 52.4 Å². The Hall–Kier alpha value is -2.81. The summed E-state index contributed by atoms with van der Waals surface area (Å²) >= 11 is 1.09. The third-order valence-corrected chi connectivity index (χ3v) is 4.91. The van der Waals surface area contributed by atoms with Gasteiger partial charge in [-0.25, -0.2) is 0 Å². The molecule has 0 aliphatic carbocycles. The lowest BCUT2D eigenvalue weighted by molar-refractivity contribution is -0.158. The number of esters is 1. The Morgan fingerprint density at radius 1 is 1.17 bits per heavy atom. The molecule has 2 rings (SSSR count). The summed E-state index contributed by atoms with van der Waals surface area (Å²) in [6.07, 6.45) is -1.00. The van der Waals surface area contributed by atoms with E-state index in [2.05, 4.69) is 10.5 Å². The minimum atomic E-state index is -1.00. The fraction of sp³-hybridized carbons (Fsp3) is 0.400. The quantitative estimate of drug-likeness (QED) is 0.591. The normalized spacial score (nSPS) is 11.6. The predicted octanol–water partition coefficient (Wildman–Crippen LogP) is 2.81. The molecule has 0 saturated heterocycles. The van der Waals surface area contributed by atoms with Crippen LogP contribution in [0.1, 0.15) is 31.3 Å².